The molecule has 8 heteroatoms. The van der Waals surface area contributed by atoms with E-state index < -0.39 is 23.8 Å². The van der Waals surface area contributed by atoms with Gasteiger partial charge in [0.25, 0.3) is 0 Å². The van der Waals surface area contributed by atoms with Crippen LogP contribution in [0, 0.1) is 17.1 Å². The molecule has 3 amide bonds. The molecule has 3 rings (SSSR count). The monoisotopic (exact) mass is 393 g/mol. The number of hydrogen-bond acceptors (Lipinski definition) is 3. The molecule has 0 spiro atoms. The Morgan fingerprint density at radius 1 is 1.07 bits per heavy atom. The van der Waals surface area contributed by atoms with E-state index in [1.807, 2.05) is 30.3 Å². The summed E-state index contributed by atoms with van der Waals surface area (Å²) in [5.41, 5.74) is 2.11. The molecule has 3 aromatic rings. The summed E-state index contributed by atoms with van der Waals surface area (Å²) in [6, 6.07) is 14.1. The second kappa shape index (κ2) is 9.37. The predicted molar refractivity (Wildman–Crippen MR) is 106 cm³/mol. The molecule has 0 saturated heterocycles. The minimum Gasteiger partial charge on any atom is -0.361 e. The largest absolute Gasteiger partial charge is 0.361 e. The van der Waals surface area contributed by atoms with E-state index in [9.17, 15) is 14.0 Å². The zero-order chi connectivity index (χ0) is 20.6. The fraction of sp³-hybridized carbons (Fsp3) is 0.190. The third-order valence-corrected chi connectivity index (χ3v) is 4.46. The van der Waals surface area contributed by atoms with Gasteiger partial charge in [0.1, 0.15) is 18.4 Å². The summed E-state index contributed by atoms with van der Waals surface area (Å²) in [5, 5.41) is 17.3. The average Bonchev–Trinajstić information content (AvgIpc) is 3.14. The highest BCUT2D eigenvalue weighted by Crippen LogP contribution is 2.19. The minimum atomic E-state index is -0.900. The van der Waals surface area contributed by atoms with Crippen molar-refractivity contribution in [2.75, 3.05) is 6.54 Å². The van der Waals surface area contributed by atoms with E-state index in [0.29, 0.717) is 5.56 Å². The van der Waals surface area contributed by atoms with Gasteiger partial charge in [0.15, 0.2) is 0 Å². The third-order valence-electron chi connectivity index (χ3n) is 4.46. The molecule has 29 heavy (non-hydrogen) atoms. The number of carbonyl (C=O) groups is 2. The van der Waals surface area contributed by atoms with E-state index in [1.54, 1.807) is 24.4 Å². The standard InChI is InChI=1S/C21H20FN5O2/c22-17-7-3-1-5-14(17)12-26-21(29)27-19(20(28)24-10-9-23)11-15-13-25-18-8-4-2-6-16(15)18/h1-8,13,19,25H,10-12H2,(H,24,28)(H2,26,27,29). The highest BCUT2D eigenvalue weighted by atomic mass is 19.1. The Kier molecular flexibility index (Phi) is 6.43. The van der Waals surface area contributed by atoms with E-state index in [0.717, 1.165) is 16.5 Å². The summed E-state index contributed by atoms with van der Waals surface area (Å²) >= 11 is 0. The number of amides is 3. The van der Waals surface area contributed by atoms with Crippen molar-refractivity contribution in [3.63, 3.8) is 0 Å². The van der Waals surface area contributed by atoms with Crippen molar-refractivity contribution in [1.82, 2.24) is 20.9 Å². The Labute approximate surface area is 166 Å². The Bertz CT molecular complexity index is 1060. The fourth-order valence-electron chi connectivity index (χ4n) is 3.01. The van der Waals surface area contributed by atoms with E-state index >= 15 is 0 Å². The van der Waals surface area contributed by atoms with Crippen LogP contribution in [0.25, 0.3) is 10.9 Å². The van der Waals surface area contributed by atoms with Crippen LogP contribution in [0.3, 0.4) is 0 Å². The smallest absolute Gasteiger partial charge is 0.315 e. The molecule has 0 fully saturated rings. The number of benzene rings is 2. The first-order valence-corrected chi connectivity index (χ1v) is 9.06. The van der Waals surface area contributed by atoms with Gasteiger partial charge >= 0.3 is 6.03 Å². The van der Waals surface area contributed by atoms with Gasteiger partial charge in [-0.2, -0.15) is 5.26 Å². The van der Waals surface area contributed by atoms with E-state index in [2.05, 4.69) is 20.9 Å². The lowest BCUT2D eigenvalue weighted by Gasteiger charge is -2.18. The van der Waals surface area contributed by atoms with Gasteiger partial charge in [0, 0.05) is 35.6 Å². The van der Waals surface area contributed by atoms with Crippen molar-refractivity contribution >= 4 is 22.8 Å². The molecule has 0 radical (unpaired) electrons. The van der Waals surface area contributed by atoms with Crippen LogP contribution in [-0.2, 0) is 17.8 Å². The van der Waals surface area contributed by atoms with Gasteiger partial charge in [-0.15, -0.1) is 0 Å². The molecule has 0 aliphatic heterocycles. The summed E-state index contributed by atoms with van der Waals surface area (Å²) in [7, 11) is 0. The number of fused-ring (bicyclic) bond motifs is 1. The molecule has 0 aliphatic rings. The molecule has 0 aliphatic carbocycles. The van der Waals surface area contributed by atoms with Crippen molar-refractivity contribution < 1.29 is 14.0 Å². The zero-order valence-electron chi connectivity index (χ0n) is 15.5. The van der Waals surface area contributed by atoms with Crippen molar-refractivity contribution in [1.29, 1.82) is 5.26 Å². The highest BCUT2D eigenvalue weighted by Gasteiger charge is 2.22. The molecule has 1 heterocycles. The summed E-state index contributed by atoms with van der Waals surface area (Å²) in [5.74, 6) is -0.896. The van der Waals surface area contributed by atoms with Gasteiger partial charge < -0.3 is 20.9 Å². The minimum absolute atomic E-state index is 0.0157. The number of rotatable bonds is 7. The Hall–Kier alpha value is -3.86. The van der Waals surface area contributed by atoms with Crippen molar-refractivity contribution in [3.8, 4) is 6.07 Å². The van der Waals surface area contributed by atoms with Gasteiger partial charge in [0.2, 0.25) is 5.91 Å². The number of carbonyl (C=O) groups excluding carboxylic acids is 2. The summed E-state index contributed by atoms with van der Waals surface area (Å²) in [6.45, 7) is -0.181. The quantitative estimate of drug-likeness (QED) is 0.463. The Balaban J connectivity index is 1.69. The first kappa shape index (κ1) is 19.9. The maximum atomic E-state index is 13.7. The van der Waals surface area contributed by atoms with Crippen molar-refractivity contribution in [2.45, 2.75) is 19.0 Å². The lowest BCUT2D eigenvalue weighted by Crippen LogP contribution is -2.51. The number of hydrogen-bond donors (Lipinski definition) is 4. The van der Waals surface area contributed by atoms with Gasteiger partial charge in [-0.05, 0) is 17.7 Å². The lowest BCUT2D eigenvalue weighted by atomic mass is 10.0. The number of nitrogens with one attached hydrogen (secondary N) is 4. The van der Waals surface area contributed by atoms with E-state index in [1.165, 1.54) is 6.07 Å². The second-order valence-corrected chi connectivity index (χ2v) is 6.41. The normalized spacial score (nSPS) is 11.4. The van der Waals surface area contributed by atoms with Crippen molar-refractivity contribution in [2.24, 2.45) is 0 Å². The number of nitriles is 1. The second-order valence-electron chi connectivity index (χ2n) is 6.41. The molecule has 1 unspecified atom stereocenters. The molecule has 1 atom stereocenters. The molecule has 1 aromatic heterocycles. The van der Waals surface area contributed by atoms with Gasteiger partial charge in [-0.25, -0.2) is 9.18 Å². The maximum absolute atomic E-state index is 13.7. The van der Waals surface area contributed by atoms with Crippen LogP contribution >= 0.6 is 0 Å². The SMILES string of the molecule is N#CCNC(=O)C(Cc1c[nH]c2ccccc12)NC(=O)NCc1ccccc1F. The number of H-pyrrole nitrogens is 1. The molecule has 148 valence electrons. The number of halogens is 1. The van der Waals surface area contributed by atoms with Gasteiger partial charge in [-0.1, -0.05) is 36.4 Å². The number of para-hydroxylation sites is 1. The summed E-state index contributed by atoms with van der Waals surface area (Å²) in [6.07, 6.45) is 2.02. The average molecular weight is 393 g/mol. The first-order chi connectivity index (χ1) is 14.1. The molecular weight excluding hydrogens is 373 g/mol. The topological polar surface area (TPSA) is 110 Å². The number of aromatic nitrogens is 1. The van der Waals surface area contributed by atoms with Crippen LogP contribution in [0.1, 0.15) is 11.1 Å². The van der Waals surface area contributed by atoms with Crippen LogP contribution in [-0.4, -0.2) is 29.5 Å². The highest BCUT2D eigenvalue weighted by molar-refractivity contribution is 5.89. The van der Waals surface area contributed by atoms with Crippen LogP contribution in [0.15, 0.2) is 54.7 Å². The third kappa shape index (κ3) is 5.11. The molecule has 0 bridgehead atoms. The van der Waals surface area contributed by atoms with Crippen LogP contribution < -0.4 is 16.0 Å². The van der Waals surface area contributed by atoms with Gasteiger partial charge in [-0.3, -0.25) is 4.79 Å². The number of nitrogens with zero attached hydrogens (tertiary/aromatic N) is 1. The molecule has 4 N–H and O–H groups in total. The molecule has 7 nitrogen and oxygen atoms in total. The summed E-state index contributed by atoms with van der Waals surface area (Å²) < 4.78 is 13.7. The van der Waals surface area contributed by atoms with Crippen LogP contribution in [0.4, 0.5) is 9.18 Å². The van der Waals surface area contributed by atoms with E-state index in [4.69, 9.17) is 5.26 Å². The maximum Gasteiger partial charge on any atom is 0.315 e. The van der Waals surface area contributed by atoms with Crippen LogP contribution in [0.2, 0.25) is 0 Å². The Morgan fingerprint density at radius 2 is 1.83 bits per heavy atom. The van der Waals surface area contributed by atoms with Crippen LogP contribution in [0.5, 0.6) is 0 Å². The summed E-state index contributed by atoms with van der Waals surface area (Å²) in [4.78, 5) is 27.9. The molecular formula is C21H20FN5O2. The number of aromatic amines is 1. The lowest BCUT2D eigenvalue weighted by molar-refractivity contribution is -0.122. The first-order valence-electron chi connectivity index (χ1n) is 9.06. The van der Waals surface area contributed by atoms with Gasteiger partial charge in [0.05, 0.1) is 6.07 Å². The molecule has 0 saturated carbocycles. The Morgan fingerprint density at radius 3 is 2.62 bits per heavy atom. The molecule has 2 aromatic carbocycles. The zero-order valence-corrected chi connectivity index (χ0v) is 15.5. The fourth-order valence-corrected chi connectivity index (χ4v) is 3.01. The van der Waals surface area contributed by atoms with E-state index in [-0.39, 0.29) is 19.5 Å². The van der Waals surface area contributed by atoms with Crippen molar-refractivity contribution in [3.05, 3.63) is 71.7 Å². The predicted octanol–water partition coefficient (Wildman–Crippen LogP) is 2.36. The number of urea groups is 1.